The van der Waals surface area contributed by atoms with Crippen molar-refractivity contribution in [1.82, 2.24) is 24.0 Å². The first kappa shape index (κ1) is 17.3. The Labute approximate surface area is 137 Å². The summed E-state index contributed by atoms with van der Waals surface area (Å²) in [4.78, 5) is 40.5. The molecule has 0 aliphatic heterocycles. The van der Waals surface area contributed by atoms with Crippen molar-refractivity contribution in [3.05, 3.63) is 26.1 Å². The molecule has 126 valence electrons. The molecular weight excluding hydrogens is 322 g/mol. The predicted octanol–water partition coefficient (Wildman–Crippen LogP) is 0.248. The molecule has 0 unspecified atom stereocenters. The summed E-state index contributed by atoms with van der Waals surface area (Å²) in [7, 11) is 2.87. The van der Waals surface area contributed by atoms with Crippen molar-refractivity contribution in [2.45, 2.75) is 33.4 Å². The maximum atomic E-state index is 12.3. The van der Waals surface area contributed by atoms with Crippen LogP contribution in [0.1, 0.15) is 20.8 Å². The number of carbonyl (C=O) groups is 1. The Balaban J connectivity index is 2.50. The van der Waals surface area contributed by atoms with Crippen molar-refractivity contribution >= 4 is 28.7 Å². The molecule has 0 aliphatic carbocycles. The largest absolute Gasteiger partial charge is 0.352 e. The summed E-state index contributed by atoms with van der Waals surface area (Å²) in [5.41, 5.74) is -0.742. The minimum atomic E-state index is -0.535. The van der Waals surface area contributed by atoms with E-state index in [-0.39, 0.29) is 40.9 Å². The SMILES string of the molecule is CC(C)[C@@H](C)NC(=O)Cn1c(Cl)nc2c1c(=O)n(C)c(=O)n2C. The van der Waals surface area contributed by atoms with E-state index >= 15 is 0 Å². The van der Waals surface area contributed by atoms with Gasteiger partial charge in [-0.15, -0.1) is 0 Å². The molecular formula is C14H20ClN5O3. The highest BCUT2D eigenvalue weighted by molar-refractivity contribution is 6.29. The van der Waals surface area contributed by atoms with E-state index in [1.807, 2.05) is 20.8 Å². The molecule has 9 heteroatoms. The van der Waals surface area contributed by atoms with Crippen LogP contribution in [0.25, 0.3) is 11.2 Å². The molecule has 0 fully saturated rings. The van der Waals surface area contributed by atoms with Gasteiger partial charge in [0.2, 0.25) is 11.2 Å². The predicted molar refractivity (Wildman–Crippen MR) is 87.7 cm³/mol. The third-order valence-electron chi connectivity index (χ3n) is 3.99. The lowest BCUT2D eigenvalue weighted by atomic mass is 10.1. The molecule has 0 saturated heterocycles. The summed E-state index contributed by atoms with van der Waals surface area (Å²) in [6.45, 7) is 5.75. The van der Waals surface area contributed by atoms with Gasteiger partial charge >= 0.3 is 5.69 Å². The fourth-order valence-electron chi connectivity index (χ4n) is 2.17. The molecule has 1 amide bonds. The Hall–Kier alpha value is -2.09. The number of halogens is 1. The Bertz CT molecular complexity index is 877. The number of carbonyl (C=O) groups excluding carboxylic acids is 1. The number of fused-ring (bicyclic) bond motifs is 1. The van der Waals surface area contributed by atoms with Crippen LogP contribution in [0, 0.1) is 5.92 Å². The average molecular weight is 342 g/mol. The number of nitrogens with one attached hydrogen (secondary N) is 1. The first-order valence-electron chi connectivity index (χ1n) is 7.26. The lowest BCUT2D eigenvalue weighted by molar-refractivity contribution is -0.122. The quantitative estimate of drug-likeness (QED) is 0.807. The van der Waals surface area contributed by atoms with Crippen LogP contribution in [-0.4, -0.2) is 30.6 Å². The summed E-state index contributed by atoms with van der Waals surface area (Å²) in [5, 5.41) is 2.84. The molecule has 0 bridgehead atoms. The molecule has 2 heterocycles. The van der Waals surface area contributed by atoms with Crippen LogP contribution in [-0.2, 0) is 25.4 Å². The molecule has 0 radical (unpaired) electrons. The van der Waals surface area contributed by atoms with Gasteiger partial charge in [-0.1, -0.05) is 13.8 Å². The van der Waals surface area contributed by atoms with Crippen LogP contribution in [0.4, 0.5) is 0 Å². The zero-order valence-corrected chi connectivity index (χ0v) is 14.5. The van der Waals surface area contributed by atoms with Crippen molar-refractivity contribution in [2.75, 3.05) is 0 Å². The first-order valence-corrected chi connectivity index (χ1v) is 7.64. The molecule has 0 aromatic carbocycles. The number of nitrogens with zero attached hydrogens (tertiary/aromatic N) is 4. The minimum absolute atomic E-state index is 0.00866. The summed E-state index contributed by atoms with van der Waals surface area (Å²) in [5.74, 6) is 0.00551. The lowest BCUT2D eigenvalue weighted by Gasteiger charge is -2.17. The highest BCUT2D eigenvalue weighted by Gasteiger charge is 2.20. The van der Waals surface area contributed by atoms with E-state index in [0.29, 0.717) is 0 Å². The number of aromatic nitrogens is 4. The van der Waals surface area contributed by atoms with Crippen LogP contribution < -0.4 is 16.6 Å². The number of hydrogen-bond donors (Lipinski definition) is 1. The molecule has 1 atom stereocenters. The van der Waals surface area contributed by atoms with E-state index in [1.165, 1.54) is 23.2 Å². The Kier molecular flexibility index (Phi) is 4.65. The van der Waals surface area contributed by atoms with Crippen molar-refractivity contribution in [1.29, 1.82) is 0 Å². The van der Waals surface area contributed by atoms with Gasteiger partial charge in [-0.3, -0.25) is 23.3 Å². The van der Waals surface area contributed by atoms with Crippen LogP contribution in [0.3, 0.4) is 0 Å². The number of rotatable bonds is 4. The second kappa shape index (κ2) is 6.19. The highest BCUT2D eigenvalue weighted by Crippen LogP contribution is 2.15. The smallest absolute Gasteiger partial charge is 0.332 e. The average Bonchev–Trinajstić information content (AvgIpc) is 2.80. The van der Waals surface area contributed by atoms with Gasteiger partial charge in [-0.2, -0.15) is 4.98 Å². The molecule has 1 N–H and O–H groups in total. The van der Waals surface area contributed by atoms with Crippen LogP contribution in [0.15, 0.2) is 9.59 Å². The Morgan fingerprint density at radius 1 is 1.22 bits per heavy atom. The van der Waals surface area contributed by atoms with Gasteiger partial charge < -0.3 is 5.32 Å². The lowest BCUT2D eigenvalue weighted by Crippen LogP contribution is -2.40. The highest BCUT2D eigenvalue weighted by atomic mass is 35.5. The van der Waals surface area contributed by atoms with Gasteiger partial charge in [0.25, 0.3) is 5.56 Å². The van der Waals surface area contributed by atoms with Gasteiger partial charge in [0.15, 0.2) is 11.2 Å². The van der Waals surface area contributed by atoms with E-state index in [4.69, 9.17) is 11.6 Å². The van der Waals surface area contributed by atoms with Crippen molar-refractivity contribution in [3.63, 3.8) is 0 Å². The molecule has 0 saturated carbocycles. The second-order valence-corrected chi connectivity index (χ2v) is 6.28. The maximum Gasteiger partial charge on any atom is 0.332 e. The molecule has 23 heavy (non-hydrogen) atoms. The third-order valence-corrected chi connectivity index (χ3v) is 4.28. The Morgan fingerprint density at radius 2 is 1.83 bits per heavy atom. The van der Waals surface area contributed by atoms with Gasteiger partial charge in [0, 0.05) is 20.1 Å². The normalized spacial score (nSPS) is 12.8. The number of aryl methyl sites for hydroxylation is 1. The number of imidazole rings is 1. The summed E-state index contributed by atoms with van der Waals surface area (Å²) in [6.07, 6.45) is 0. The molecule has 0 spiro atoms. The molecule has 8 nitrogen and oxygen atoms in total. The van der Waals surface area contributed by atoms with Gasteiger partial charge in [0.1, 0.15) is 6.54 Å². The van der Waals surface area contributed by atoms with Crippen molar-refractivity contribution in [3.8, 4) is 0 Å². The van der Waals surface area contributed by atoms with Crippen molar-refractivity contribution < 1.29 is 4.79 Å². The van der Waals surface area contributed by atoms with E-state index in [9.17, 15) is 14.4 Å². The zero-order valence-electron chi connectivity index (χ0n) is 13.8. The molecule has 2 aromatic heterocycles. The van der Waals surface area contributed by atoms with E-state index < -0.39 is 11.2 Å². The fraction of sp³-hybridized carbons (Fsp3) is 0.571. The fourth-order valence-corrected chi connectivity index (χ4v) is 2.40. The van der Waals surface area contributed by atoms with E-state index in [2.05, 4.69) is 10.3 Å². The summed E-state index contributed by atoms with van der Waals surface area (Å²) in [6, 6.07) is -0.0109. The van der Waals surface area contributed by atoms with Gasteiger partial charge in [-0.05, 0) is 24.4 Å². The van der Waals surface area contributed by atoms with Crippen LogP contribution in [0.5, 0.6) is 0 Å². The topological polar surface area (TPSA) is 90.9 Å². The summed E-state index contributed by atoms with van der Waals surface area (Å²) < 4.78 is 3.51. The minimum Gasteiger partial charge on any atom is -0.352 e. The third kappa shape index (κ3) is 3.03. The molecule has 2 rings (SSSR count). The standard InChI is InChI=1S/C14H20ClN5O3/c1-7(2)8(3)16-9(21)6-20-10-11(17-13(20)15)18(4)14(23)19(5)12(10)22/h7-8H,6H2,1-5H3,(H,16,21)/t8-/m1/s1. The maximum absolute atomic E-state index is 12.3. The van der Waals surface area contributed by atoms with Crippen LogP contribution >= 0.6 is 11.6 Å². The summed E-state index contributed by atoms with van der Waals surface area (Å²) >= 11 is 6.07. The van der Waals surface area contributed by atoms with Gasteiger partial charge in [0.05, 0.1) is 0 Å². The Morgan fingerprint density at radius 3 is 2.39 bits per heavy atom. The van der Waals surface area contributed by atoms with Crippen LogP contribution in [0.2, 0.25) is 5.28 Å². The second-order valence-electron chi connectivity index (χ2n) is 5.95. The van der Waals surface area contributed by atoms with E-state index in [1.54, 1.807) is 0 Å². The zero-order chi connectivity index (χ0) is 17.5. The number of hydrogen-bond acceptors (Lipinski definition) is 4. The number of amides is 1. The van der Waals surface area contributed by atoms with E-state index in [0.717, 1.165) is 4.57 Å². The first-order chi connectivity index (χ1) is 10.6. The van der Waals surface area contributed by atoms with Crippen molar-refractivity contribution in [2.24, 2.45) is 20.0 Å². The van der Waals surface area contributed by atoms with Gasteiger partial charge in [-0.25, -0.2) is 4.79 Å². The molecule has 2 aromatic rings. The molecule has 0 aliphatic rings. The monoisotopic (exact) mass is 341 g/mol.